The average molecular weight is 1630 g/mol. The van der Waals surface area contributed by atoms with E-state index in [1.807, 2.05) is 13.8 Å². The third-order valence-corrected chi connectivity index (χ3v) is 151. The van der Waals surface area contributed by atoms with Crippen LogP contribution in [0.1, 0.15) is 54.4 Å². The van der Waals surface area contributed by atoms with Gasteiger partial charge in [0.25, 0.3) is 0 Å². The number of esters is 1. The molecular weight excluding hydrogens is 1560 g/mol. The molecular formula is C23H66AcO8P30. The smallest absolute Gasteiger partial charge is 0.302 e. The second-order valence-electron chi connectivity index (χ2n) is 15.1. The maximum absolute atomic E-state index is 15.9. The molecule has 2 aliphatic carbocycles. The Morgan fingerprint density at radius 3 is 1.74 bits per heavy atom. The third-order valence-electron chi connectivity index (χ3n) is 10.6. The van der Waals surface area contributed by atoms with E-state index in [0.717, 1.165) is 0 Å². The van der Waals surface area contributed by atoms with Crippen LogP contribution in [0.3, 0.4) is 0 Å². The van der Waals surface area contributed by atoms with Gasteiger partial charge in [-0.25, -0.2) is 0 Å². The Hall–Kier alpha value is 13.0. The summed E-state index contributed by atoms with van der Waals surface area (Å²) in [6.45, 7) is 6.80. The van der Waals surface area contributed by atoms with Gasteiger partial charge >= 0.3 is 5.97 Å². The summed E-state index contributed by atoms with van der Waals surface area (Å²) in [6.07, 6.45) is 0.114. The number of aliphatic hydroxyl groups is 1. The van der Waals surface area contributed by atoms with E-state index in [-0.39, 0.29) is 68.5 Å². The van der Waals surface area contributed by atoms with Crippen LogP contribution in [0, 0.1) is 66.7 Å². The van der Waals surface area contributed by atoms with Crippen molar-refractivity contribution in [2.24, 2.45) is 22.7 Å². The van der Waals surface area contributed by atoms with Crippen molar-refractivity contribution >= 4 is 255 Å². The number of ketones is 1. The van der Waals surface area contributed by atoms with Crippen molar-refractivity contribution in [2.75, 3.05) is 6.61 Å². The van der Waals surface area contributed by atoms with E-state index in [1.54, 1.807) is 0 Å². The summed E-state index contributed by atoms with van der Waals surface area (Å²) in [5.74, 6) is -1.74. The Morgan fingerprint density at radius 2 is 1.34 bits per heavy atom. The number of carbonyl (C=O) groups is 2. The van der Waals surface area contributed by atoms with Crippen LogP contribution in [0.4, 0.5) is 0 Å². The van der Waals surface area contributed by atoms with Crippen molar-refractivity contribution in [3.8, 4) is 0 Å². The number of allylic oxidation sites excluding steroid dienone is 1. The fraction of sp³-hybridized carbons (Fsp3) is 0.826. The molecule has 3 aliphatic rings. The van der Waals surface area contributed by atoms with E-state index in [9.17, 15) is 9.90 Å². The molecule has 39 heteroatoms. The zero-order valence-electron chi connectivity index (χ0n) is 35.2. The van der Waals surface area contributed by atoms with Gasteiger partial charge in [-0.1, -0.05) is 36.8 Å². The van der Waals surface area contributed by atoms with Gasteiger partial charge in [-0.2, -0.15) is 0 Å². The number of carbonyl (C=O) groups excluding carboxylic acids is 2. The van der Waals surface area contributed by atoms with Crippen molar-refractivity contribution < 1.29 is 81.8 Å². The molecule has 1 N–H and O–H groups in total. The summed E-state index contributed by atoms with van der Waals surface area (Å²) in [7, 11) is 46.2. The van der Waals surface area contributed by atoms with Crippen LogP contribution >= 0.6 is 243 Å². The molecule has 1 radical (unpaired) electrons. The van der Waals surface area contributed by atoms with Gasteiger partial charge in [0.2, 0.25) is 0 Å². The minimum atomic E-state index is -1.46. The molecule has 1 saturated carbocycles. The van der Waals surface area contributed by atoms with Gasteiger partial charge in [-0.3, -0.25) is 9.59 Å². The number of rotatable bonds is 22. The van der Waals surface area contributed by atoms with Crippen molar-refractivity contribution in [1.29, 1.82) is 0 Å². The zero-order valence-corrected chi connectivity index (χ0v) is 71.0. The molecule has 0 amide bonds. The van der Waals surface area contributed by atoms with E-state index < -0.39 is 145 Å². The van der Waals surface area contributed by atoms with Gasteiger partial charge in [-0.15, -0.1) is 134 Å². The molecule has 62 heavy (non-hydrogen) atoms. The zero-order chi connectivity index (χ0) is 46.9. The van der Waals surface area contributed by atoms with Crippen molar-refractivity contribution in [2.45, 2.75) is 90.5 Å². The molecule has 3 rings (SSSR count). The first-order valence-corrected chi connectivity index (χ1v) is 70.0. The summed E-state index contributed by atoms with van der Waals surface area (Å²) in [4.78, 5) is 29.5. The van der Waals surface area contributed by atoms with E-state index in [0.29, 0.717) is 20.8 Å². The van der Waals surface area contributed by atoms with E-state index in [4.69, 9.17) is 23.0 Å². The van der Waals surface area contributed by atoms with Gasteiger partial charge in [0.05, 0.1) is 52.9 Å². The predicted octanol–water partition coefficient (Wildman–Crippen LogP) is 19.2. The number of hydrogen-bond acceptors (Lipinski definition) is 8. The van der Waals surface area contributed by atoms with Crippen LogP contribution in [0.25, 0.3) is 0 Å². The van der Waals surface area contributed by atoms with Gasteiger partial charge in [-0.05, 0) is 87.1 Å². The van der Waals surface area contributed by atoms with Gasteiger partial charge in [0.15, 0.2) is 5.78 Å². The van der Waals surface area contributed by atoms with E-state index >= 15 is 4.79 Å². The molecule has 8 nitrogen and oxygen atoms in total. The molecule has 1 heterocycles. The second-order valence-corrected chi connectivity index (χ2v) is 122. The van der Waals surface area contributed by atoms with Gasteiger partial charge in [0.1, 0.15) is 17.8 Å². The molecule has 0 aromatic rings. The number of hydrogen-bond donors (Lipinski definition) is 1. The van der Waals surface area contributed by atoms with Gasteiger partial charge < -0.3 is 28.2 Å². The SMILES string of the molecule is CC(=O)O[C@H](C1C[C@H](OP(P(P)P(P)P)P(P(P)P)P(P)P)C(C)=CC1(C)C)[C@@H]1[C@]2(O)CO[C@@H]2C[C@H](OP(P(P)P)P(P)P)[C@@]1(C)C(=O)[C@@H](C)OP(P(P)P)P(PP)P(P)P.[Ac]. The maximum Gasteiger partial charge on any atom is 0.302 e. The molecule has 2 fully saturated rings. The largest absolute Gasteiger partial charge is 0.462 e. The van der Waals surface area contributed by atoms with Crippen molar-refractivity contribution in [3.05, 3.63) is 11.6 Å². The number of Topliss-reactive ketones (excluding diaryl/α,β-unsaturated/α-hetero) is 1. The molecule has 1 aliphatic heterocycles. The Balaban J connectivity index is 0.0000132. The molecule has 1 saturated heterocycles. The Labute approximate surface area is 462 Å². The van der Waals surface area contributed by atoms with Crippen LogP contribution in [-0.2, 0) is 32.6 Å². The number of fused-ring (bicyclic) bond motifs is 1. The molecule has 22 unspecified atom stereocenters. The van der Waals surface area contributed by atoms with Crippen LogP contribution in [-0.4, -0.2) is 59.6 Å². The predicted molar refractivity (Wildman–Crippen MR) is 361 cm³/mol. The fourth-order valence-electron chi connectivity index (χ4n) is 7.99. The minimum absolute atomic E-state index is 0. The van der Waals surface area contributed by atoms with Gasteiger partial charge in [0, 0.05) is 90.2 Å². The van der Waals surface area contributed by atoms with E-state index in [2.05, 4.69) is 170 Å². The monoisotopic (exact) mass is 1630 g/mol. The summed E-state index contributed by atoms with van der Waals surface area (Å²) in [5.41, 5.74) is -2.10. The first-order chi connectivity index (χ1) is 28.0. The second kappa shape index (κ2) is 32.6. The van der Waals surface area contributed by atoms with Crippen LogP contribution < -0.4 is 0 Å². The van der Waals surface area contributed by atoms with Crippen LogP contribution in [0.2, 0.25) is 0 Å². The third kappa shape index (κ3) is 18.8. The normalized spacial score (nSPS) is 30.8. The molecule has 359 valence electrons. The standard InChI is InChI=1S/C23H66O8P30.Ac/c1-11-9-21(4,5)14(7-15(11)30-51(59(47)55(39)40)61(57(43)44)58(45)46)18(28-13(3)24)19-22(6,20(25)12(2)29-50(54(37)38)60(48-32)56(41)42)16(8-17-23(19,26)10-27-17)31-49(52(33)34)53(35)36;/h9,12,14-19,26,48H,7-8,10,32-47H2,1-6H3;/t12-,14?,15+,16+,17-,18-,19+,22-,23+,50?,51?,59?,60?;/m1./s1. The first kappa shape index (κ1) is 71.1. The first-order valence-electron chi connectivity index (χ1n) is 17.8. The summed E-state index contributed by atoms with van der Waals surface area (Å²) in [5, 5.41) is 13.2. The molecule has 0 spiro atoms. The summed E-state index contributed by atoms with van der Waals surface area (Å²) >= 11 is 0. The van der Waals surface area contributed by atoms with Crippen LogP contribution in [0.5, 0.6) is 0 Å². The molecule has 30 atom stereocenters. The molecule has 0 aromatic carbocycles. The van der Waals surface area contributed by atoms with E-state index in [1.165, 1.54) is 12.5 Å². The fourth-order valence-corrected chi connectivity index (χ4v) is 203. The Bertz CT molecular complexity index is 1490. The van der Waals surface area contributed by atoms with Crippen molar-refractivity contribution in [3.63, 3.8) is 0 Å². The topological polar surface area (TPSA) is 101 Å². The average Bonchev–Trinajstić information content (AvgIpc) is 3.11. The Morgan fingerprint density at radius 1 is 0.806 bits per heavy atom. The summed E-state index contributed by atoms with van der Waals surface area (Å²) < 4.78 is 34.8. The van der Waals surface area contributed by atoms with Crippen LogP contribution in [0.15, 0.2) is 11.6 Å². The quantitative estimate of drug-likeness (QED) is 0.0650. The minimum Gasteiger partial charge on any atom is -0.462 e. The Kier molecular flexibility index (Phi) is 37.4. The molecule has 0 bridgehead atoms. The maximum atomic E-state index is 15.9. The molecule has 0 aromatic heterocycles. The summed E-state index contributed by atoms with van der Waals surface area (Å²) in [6, 6.07) is 0. The number of ether oxygens (including phenoxy) is 2. The van der Waals surface area contributed by atoms with Crippen molar-refractivity contribution in [1.82, 2.24) is 0 Å².